The summed E-state index contributed by atoms with van der Waals surface area (Å²) in [7, 11) is 0. The van der Waals surface area contributed by atoms with Crippen molar-refractivity contribution < 1.29 is 18.0 Å². The maximum absolute atomic E-state index is 12.4. The fraction of sp³-hybridized carbons (Fsp3) is 0.636. The van der Waals surface area contributed by atoms with Crippen molar-refractivity contribution in [3.8, 4) is 0 Å². The molecule has 2 heterocycles. The molecule has 100 valence electrons. The van der Waals surface area contributed by atoms with Crippen molar-refractivity contribution in [2.45, 2.75) is 31.9 Å². The molecule has 1 aromatic rings. The van der Waals surface area contributed by atoms with E-state index in [1.807, 2.05) is 0 Å². The van der Waals surface area contributed by atoms with Crippen LogP contribution in [-0.2, 0) is 11.0 Å². The molecule has 1 amide bonds. The maximum Gasteiger partial charge on any atom is 0.435 e. The highest BCUT2D eigenvalue weighted by atomic mass is 19.4. The molecule has 0 saturated carbocycles. The van der Waals surface area contributed by atoms with E-state index < -0.39 is 11.9 Å². The summed E-state index contributed by atoms with van der Waals surface area (Å²) in [4.78, 5) is 12.9. The van der Waals surface area contributed by atoms with Gasteiger partial charge in [0.15, 0.2) is 5.69 Å². The summed E-state index contributed by atoms with van der Waals surface area (Å²) in [5.41, 5.74) is -0.453. The van der Waals surface area contributed by atoms with E-state index in [2.05, 4.69) is 10.2 Å². The number of H-pyrrole nitrogens is 1. The van der Waals surface area contributed by atoms with Crippen LogP contribution < -0.4 is 0 Å². The third kappa shape index (κ3) is 2.65. The highest BCUT2D eigenvalue weighted by molar-refractivity contribution is 5.73. The zero-order chi connectivity index (χ0) is 13.3. The molecule has 1 N–H and O–H groups in total. The Kier molecular flexibility index (Phi) is 3.32. The third-order valence-corrected chi connectivity index (χ3v) is 3.19. The molecular formula is C11H14F3N3O. The summed E-state index contributed by atoms with van der Waals surface area (Å²) in [6.07, 6.45) is -2.86. The number of nitrogens with zero attached hydrogens (tertiary/aromatic N) is 2. The van der Waals surface area contributed by atoms with Gasteiger partial charge < -0.3 is 4.90 Å². The van der Waals surface area contributed by atoms with Crippen molar-refractivity contribution in [1.82, 2.24) is 15.1 Å². The van der Waals surface area contributed by atoms with E-state index >= 15 is 0 Å². The normalized spacial score (nSPS) is 21.1. The number of carbonyl (C=O) groups excluding carboxylic acids is 1. The zero-order valence-corrected chi connectivity index (χ0v) is 9.92. The van der Waals surface area contributed by atoms with Gasteiger partial charge in [-0.15, -0.1) is 0 Å². The minimum absolute atomic E-state index is 0.0461. The van der Waals surface area contributed by atoms with Gasteiger partial charge in [0.2, 0.25) is 5.91 Å². The van der Waals surface area contributed by atoms with Crippen molar-refractivity contribution in [3.05, 3.63) is 17.5 Å². The number of carbonyl (C=O) groups is 1. The Bertz CT molecular complexity index is 441. The number of alkyl halides is 3. The molecule has 1 aliphatic heterocycles. The Balaban J connectivity index is 2.12. The van der Waals surface area contributed by atoms with Crippen LogP contribution in [0.15, 0.2) is 6.07 Å². The number of rotatable bonds is 1. The lowest BCUT2D eigenvalue weighted by Crippen LogP contribution is -2.37. The zero-order valence-electron chi connectivity index (χ0n) is 9.92. The van der Waals surface area contributed by atoms with Crippen LogP contribution in [0.1, 0.15) is 37.1 Å². The minimum atomic E-state index is -4.43. The number of nitrogens with one attached hydrogen (secondary N) is 1. The van der Waals surface area contributed by atoms with E-state index in [9.17, 15) is 18.0 Å². The standard InChI is InChI=1S/C11H14F3N3O/c1-7(18)17-4-2-3-8(6-17)9-5-10(16-15-9)11(12,13)14/h5,8H,2-4,6H2,1H3,(H,15,16). The van der Waals surface area contributed by atoms with E-state index in [1.165, 1.54) is 6.92 Å². The maximum atomic E-state index is 12.4. The second-order valence-corrected chi connectivity index (χ2v) is 4.51. The largest absolute Gasteiger partial charge is 0.435 e. The van der Waals surface area contributed by atoms with Crippen LogP contribution in [0.25, 0.3) is 0 Å². The summed E-state index contributed by atoms with van der Waals surface area (Å²) in [5, 5.41) is 5.71. The smallest absolute Gasteiger partial charge is 0.342 e. The number of piperidine rings is 1. The van der Waals surface area contributed by atoms with Gasteiger partial charge in [0.1, 0.15) is 0 Å². The van der Waals surface area contributed by atoms with Gasteiger partial charge in [-0.05, 0) is 18.9 Å². The lowest BCUT2D eigenvalue weighted by atomic mass is 9.94. The lowest BCUT2D eigenvalue weighted by Gasteiger charge is -2.31. The highest BCUT2D eigenvalue weighted by Gasteiger charge is 2.35. The number of hydrogen-bond acceptors (Lipinski definition) is 2. The topological polar surface area (TPSA) is 49.0 Å². The molecule has 1 unspecified atom stereocenters. The number of aromatic nitrogens is 2. The van der Waals surface area contributed by atoms with Crippen molar-refractivity contribution >= 4 is 5.91 Å². The van der Waals surface area contributed by atoms with Crippen LogP contribution in [0.2, 0.25) is 0 Å². The van der Waals surface area contributed by atoms with Gasteiger partial charge in [-0.2, -0.15) is 18.3 Å². The lowest BCUT2D eigenvalue weighted by molar-refractivity contribution is -0.141. The van der Waals surface area contributed by atoms with E-state index in [1.54, 1.807) is 4.90 Å². The average Bonchev–Trinajstić information content (AvgIpc) is 2.78. The summed E-state index contributed by atoms with van der Waals surface area (Å²) in [6.45, 7) is 2.59. The number of hydrogen-bond donors (Lipinski definition) is 1. The number of aromatic amines is 1. The molecule has 0 bridgehead atoms. The Morgan fingerprint density at radius 2 is 2.28 bits per heavy atom. The van der Waals surface area contributed by atoms with Gasteiger partial charge in [0, 0.05) is 31.6 Å². The molecule has 7 heteroatoms. The van der Waals surface area contributed by atoms with Crippen molar-refractivity contribution in [1.29, 1.82) is 0 Å². The number of amides is 1. The molecule has 0 spiro atoms. The first-order chi connectivity index (χ1) is 8.38. The van der Waals surface area contributed by atoms with E-state index in [0.717, 1.165) is 18.9 Å². The summed E-state index contributed by atoms with van der Waals surface area (Å²) in [6, 6.07) is 1.04. The summed E-state index contributed by atoms with van der Waals surface area (Å²) >= 11 is 0. The van der Waals surface area contributed by atoms with Crippen LogP contribution in [-0.4, -0.2) is 34.1 Å². The molecule has 1 aromatic heterocycles. The van der Waals surface area contributed by atoms with Gasteiger partial charge >= 0.3 is 6.18 Å². The van der Waals surface area contributed by atoms with Gasteiger partial charge in [-0.3, -0.25) is 9.89 Å². The summed E-state index contributed by atoms with van der Waals surface area (Å²) in [5.74, 6) is -0.137. The van der Waals surface area contributed by atoms with Crippen molar-refractivity contribution in [3.63, 3.8) is 0 Å². The third-order valence-electron chi connectivity index (χ3n) is 3.19. The Labute approximate surface area is 102 Å². The fourth-order valence-corrected chi connectivity index (χ4v) is 2.21. The molecule has 1 fully saturated rings. The molecule has 1 atom stereocenters. The molecular weight excluding hydrogens is 247 g/mol. The first kappa shape index (κ1) is 12.9. The monoisotopic (exact) mass is 261 g/mol. The first-order valence-corrected chi connectivity index (χ1v) is 5.76. The predicted molar refractivity (Wildman–Crippen MR) is 57.8 cm³/mol. The molecule has 2 rings (SSSR count). The second kappa shape index (κ2) is 4.62. The Hall–Kier alpha value is -1.53. The van der Waals surface area contributed by atoms with Crippen LogP contribution in [0, 0.1) is 0 Å². The van der Waals surface area contributed by atoms with Crippen molar-refractivity contribution in [2.75, 3.05) is 13.1 Å². The van der Waals surface area contributed by atoms with Crippen LogP contribution in [0.4, 0.5) is 13.2 Å². The van der Waals surface area contributed by atoms with E-state index in [-0.39, 0.29) is 11.8 Å². The molecule has 18 heavy (non-hydrogen) atoms. The first-order valence-electron chi connectivity index (χ1n) is 5.76. The Morgan fingerprint density at radius 1 is 1.56 bits per heavy atom. The predicted octanol–water partition coefficient (Wildman–Crippen LogP) is 2.15. The highest BCUT2D eigenvalue weighted by Crippen LogP contribution is 2.31. The molecule has 1 saturated heterocycles. The van der Waals surface area contributed by atoms with E-state index in [0.29, 0.717) is 18.8 Å². The van der Waals surface area contributed by atoms with Gasteiger partial charge in [-0.25, -0.2) is 0 Å². The van der Waals surface area contributed by atoms with Gasteiger partial charge in [-0.1, -0.05) is 0 Å². The van der Waals surface area contributed by atoms with Gasteiger partial charge in [0.25, 0.3) is 0 Å². The molecule has 0 radical (unpaired) electrons. The second-order valence-electron chi connectivity index (χ2n) is 4.51. The summed E-state index contributed by atoms with van der Waals surface area (Å²) < 4.78 is 37.3. The molecule has 0 aliphatic carbocycles. The number of likely N-dealkylation sites (tertiary alicyclic amines) is 1. The number of halogens is 3. The van der Waals surface area contributed by atoms with E-state index in [4.69, 9.17) is 0 Å². The quantitative estimate of drug-likeness (QED) is 0.842. The van der Waals surface area contributed by atoms with Gasteiger partial charge in [0.05, 0.1) is 0 Å². The van der Waals surface area contributed by atoms with Crippen molar-refractivity contribution in [2.24, 2.45) is 0 Å². The molecule has 1 aliphatic rings. The van der Waals surface area contributed by atoms with Crippen LogP contribution in [0.3, 0.4) is 0 Å². The minimum Gasteiger partial charge on any atom is -0.342 e. The SMILES string of the molecule is CC(=O)N1CCCC(c2cc(C(F)(F)F)n[nH]2)C1. The Morgan fingerprint density at radius 3 is 2.83 bits per heavy atom. The van der Waals surface area contributed by atoms with Crippen LogP contribution in [0.5, 0.6) is 0 Å². The fourth-order valence-electron chi connectivity index (χ4n) is 2.21. The van der Waals surface area contributed by atoms with Crippen LogP contribution >= 0.6 is 0 Å². The molecule has 4 nitrogen and oxygen atoms in total. The molecule has 0 aromatic carbocycles. The average molecular weight is 261 g/mol.